The van der Waals surface area contributed by atoms with Crippen molar-refractivity contribution in [2.75, 3.05) is 0 Å². The second kappa shape index (κ2) is 5.70. The summed E-state index contributed by atoms with van der Waals surface area (Å²) in [5, 5.41) is 0. The van der Waals surface area contributed by atoms with Gasteiger partial charge in [-0.15, -0.1) is 11.3 Å². The minimum absolute atomic E-state index is 0.131. The fourth-order valence-electron chi connectivity index (χ4n) is 2.07. The first-order valence-corrected chi connectivity index (χ1v) is 8.16. The largest absolute Gasteiger partial charge is 0.292 e. The van der Waals surface area contributed by atoms with Crippen LogP contribution >= 0.6 is 11.3 Å². The molecule has 0 N–H and O–H groups in total. The molecule has 5 nitrogen and oxygen atoms in total. The molecule has 1 aromatic carbocycles. The van der Waals surface area contributed by atoms with Gasteiger partial charge in [0, 0.05) is 28.9 Å². The summed E-state index contributed by atoms with van der Waals surface area (Å²) in [7, 11) is 0. The van der Waals surface area contributed by atoms with Crippen molar-refractivity contribution in [2.45, 2.75) is 27.7 Å². The van der Waals surface area contributed by atoms with E-state index in [4.69, 9.17) is 0 Å². The van der Waals surface area contributed by atoms with Crippen LogP contribution in [-0.2, 0) is 4.79 Å². The number of aromatic nitrogens is 3. The Kier molecular flexibility index (Phi) is 3.85. The van der Waals surface area contributed by atoms with Crippen LogP contribution in [-0.4, -0.2) is 20.4 Å². The Balaban J connectivity index is 2.16. The van der Waals surface area contributed by atoms with Crippen molar-refractivity contribution in [2.24, 2.45) is 10.4 Å². The molecule has 0 aliphatic rings. The number of amides is 1. The summed E-state index contributed by atoms with van der Waals surface area (Å²) < 4.78 is 1.93. The van der Waals surface area contributed by atoms with Crippen LogP contribution in [0.3, 0.4) is 0 Å². The zero-order valence-electron chi connectivity index (χ0n) is 13.6. The van der Waals surface area contributed by atoms with Gasteiger partial charge in [0.05, 0.1) is 16.7 Å². The number of hydrogen-bond donors (Lipinski definition) is 0. The number of nitrogens with zero attached hydrogens (tertiary/aromatic N) is 4. The quantitative estimate of drug-likeness (QED) is 0.689. The van der Waals surface area contributed by atoms with E-state index in [0.29, 0.717) is 4.80 Å². The highest BCUT2D eigenvalue weighted by atomic mass is 32.1. The molecule has 118 valence electrons. The van der Waals surface area contributed by atoms with Gasteiger partial charge < -0.3 is 0 Å². The fourth-order valence-corrected chi connectivity index (χ4v) is 2.91. The maximum absolute atomic E-state index is 12.2. The van der Waals surface area contributed by atoms with Crippen LogP contribution in [0.4, 0.5) is 0 Å². The minimum atomic E-state index is -0.495. The first kappa shape index (κ1) is 15.6. The molecule has 6 heteroatoms. The van der Waals surface area contributed by atoms with Crippen LogP contribution in [0.5, 0.6) is 0 Å². The van der Waals surface area contributed by atoms with Crippen molar-refractivity contribution in [3.8, 4) is 5.69 Å². The van der Waals surface area contributed by atoms with Crippen LogP contribution in [0.15, 0.2) is 41.8 Å². The lowest BCUT2D eigenvalue weighted by molar-refractivity contribution is -0.125. The number of rotatable bonds is 1. The van der Waals surface area contributed by atoms with E-state index >= 15 is 0 Å². The van der Waals surface area contributed by atoms with E-state index < -0.39 is 5.41 Å². The number of fused-ring (bicyclic) bond motifs is 1. The van der Waals surface area contributed by atoms with Crippen molar-refractivity contribution >= 4 is 28.3 Å². The monoisotopic (exact) mass is 326 g/mol. The van der Waals surface area contributed by atoms with Gasteiger partial charge in [-0.25, -0.2) is 0 Å². The van der Waals surface area contributed by atoms with Crippen molar-refractivity contribution in [1.82, 2.24) is 14.5 Å². The fraction of sp³-hybridized carbons (Fsp3) is 0.294. The van der Waals surface area contributed by atoms with Crippen molar-refractivity contribution in [3.63, 3.8) is 0 Å². The molecule has 0 unspecified atom stereocenters. The number of benzene rings is 1. The minimum Gasteiger partial charge on any atom is -0.292 e. The highest BCUT2D eigenvalue weighted by Gasteiger charge is 2.21. The molecule has 0 radical (unpaired) electrons. The summed E-state index contributed by atoms with van der Waals surface area (Å²) in [4.78, 5) is 26.9. The van der Waals surface area contributed by atoms with Gasteiger partial charge in [0.2, 0.25) is 0 Å². The number of hydrogen-bond acceptors (Lipinski definition) is 4. The summed E-state index contributed by atoms with van der Waals surface area (Å²) in [5.41, 5.74) is 2.08. The van der Waals surface area contributed by atoms with E-state index in [1.54, 1.807) is 12.4 Å². The van der Waals surface area contributed by atoms with Gasteiger partial charge in [0.25, 0.3) is 5.91 Å². The number of carbonyl (C=O) groups is 1. The average molecular weight is 326 g/mol. The maximum atomic E-state index is 12.2. The lowest BCUT2D eigenvalue weighted by atomic mass is 9.96. The summed E-state index contributed by atoms with van der Waals surface area (Å²) >= 11 is 1.50. The van der Waals surface area contributed by atoms with Gasteiger partial charge in [-0.1, -0.05) is 20.8 Å². The van der Waals surface area contributed by atoms with Crippen molar-refractivity contribution in [1.29, 1.82) is 0 Å². The van der Waals surface area contributed by atoms with Crippen molar-refractivity contribution < 1.29 is 4.79 Å². The highest BCUT2D eigenvalue weighted by molar-refractivity contribution is 7.09. The summed E-state index contributed by atoms with van der Waals surface area (Å²) in [5.74, 6) is -0.131. The van der Waals surface area contributed by atoms with E-state index in [9.17, 15) is 4.79 Å². The van der Waals surface area contributed by atoms with Crippen LogP contribution in [0.25, 0.3) is 16.7 Å². The lowest BCUT2D eigenvalue weighted by Gasteiger charge is -2.12. The molecule has 3 aromatic rings. The lowest BCUT2D eigenvalue weighted by Crippen LogP contribution is -2.22. The first-order chi connectivity index (χ1) is 10.8. The van der Waals surface area contributed by atoms with Gasteiger partial charge in [0.1, 0.15) is 0 Å². The zero-order chi connectivity index (χ0) is 16.6. The van der Waals surface area contributed by atoms with Gasteiger partial charge in [-0.3, -0.25) is 19.3 Å². The summed E-state index contributed by atoms with van der Waals surface area (Å²) in [6.07, 6.45) is 5.33. The Morgan fingerprint density at radius 3 is 2.57 bits per heavy atom. The van der Waals surface area contributed by atoms with E-state index in [1.807, 2.05) is 56.7 Å². The molecule has 0 saturated heterocycles. The highest BCUT2D eigenvalue weighted by Crippen LogP contribution is 2.17. The third-order valence-electron chi connectivity index (χ3n) is 3.34. The SMILES string of the molecule is Cc1cn(-c2ccc3nccnc3c2)c(=NC(=O)C(C)(C)C)s1. The molecule has 0 bridgehead atoms. The average Bonchev–Trinajstić information content (AvgIpc) is 2.86. The van der Waals surface area contributed by atoms with Gasteiger partial charge in [0.15, 0.2) is 4.80 Å². The van der Waals surface area contributed by atoms with E-state index in [1.165, 1.54) is 11.3 Å². The third kappa shape index (κ3) is 3.22. The van der Waals surface area contributed by atoms with E-state index in [2.05, 4.69) is 15.0 Å². The molecular formula is C17H18N4OS. The van der Waals surface area contributed by atoms with Crippen LogP contribution in [0, 0.1) is 12.3 Å². The Labute approximate surface area is 138 Å². The third-order valence-corrected chi connectivity index (χ3v) is 4.24. The van der Waals surface area contributed by atoms with Crippen molar-refractivity contribution in [3.05, 3.63) is 46.5 Å². The Morgan fingerprint density at radius 1 is 1.17 bits per heavy atom. The Bertz CT molecular complexity index is 947. The molecule has 1 amide bonds. The second-order valence-electron chi connectivity index (χ2n) is 6.39. The molecule has 0 spiro atoms. The predicted octanol–water partition coefficient (Wildman–Crippen LogP) is 3.26. The summed E-state index contributed by atoms with van der Waals surface area (Å²) in [6.45, 7) is 7.61. The summed E-state index contributed by atoms with van der Waals surface area (Å²) in [6, 6.07) is 5.84. The van der Waals surface area contributed by atoms with Crippen LogP contribution in [0.2, 0.25) is 0 Å². The molecule has 2 aromatic heterocycles. The van der Waals surface area contributed by atoms with Crippen LogP contribution in [0.1, 0.15) is 25.6 Å². The standard InChI is InChI=1S/C17H18N4OS/c1-11-10-21(16(23-11)20-15(22)17(2,3)4)12-5-6-13-14(9-12)19-8-7-18-13/h5-10H,1-4H3. The molecule has 2 heterocycles. The molecule has 0 aliphatic carbocycles. The van der Waals surface area contributed by atoms with Gasteiger partial charge in [-0.05, 0) is 25.1 Å². The Morgan fingerprint density at radius 2 is 1.87 bits per heavy atom. The molecule has 0 fully saturated rings. The number of aryl methyl sites for hydroxylation is 1. The molecular weight excluding hydrogens is 308 g/mol. The molecule has 0 aliphatic heterocycles. The first-order valence-electron chi connectivity index (χ1n) is 7.34. The smallest absolute Gasteiger partial charge is 0.253 e. The van der Waals surface area contributed by atoms with E-state index in [0.717, 1.165) is 21.6 Å². The maximum Gasteiger partial charge on any atom is 0.253 e. The molecule has 3 rings (SSSR count). The second-order valence-corrected chi connectivity index (χ2v) is 7.60. The van der Waals surface area contributed by atoms with E-state index in [-0.39, 0.29) is 5.91 Å². The number of carbonyl (C=O) groups excluding carboxylic acids is 1. The van der Waals surface area contributed by atoms with Gasteiger partial charge >= 0.3 is 0 Å². The van der Waals surface area contributed by atoms with Gasteiger partial charge in [-0.2, -0.15) is 4.99 Å². The molecule has 0 saturated carbocycles. The normalized spacial score (nSPS) is 12.8. The Hall–Kier alpha value is -2.34. The number of thiazole rings is 1. The predicted molar refractivity (Wildman–Crippen MR) is 91.5 cm³/mol. The zero-order valence-corrected chi connectivity index (χ0v) is 14.4. The molecule has 0 atom stereocenters. The van der Waals surface area contributed by atoms with Crippen LogP contribution < -0.4 is 4.80 Å². The molecule has 23 heavy (non-hydrogen) atoms. The topological polar surface area (TPSA) is 60.1 Å².